The third kappa shape index (κ3) is 3.22. The predicted octanol–water partition coefficient (Wildman–Crippen LogP) is 2.43. The highest BCUT2D eigenvalue weighted by Gasteiger charge is 2.39. The fourth-order valence-electron chi connectivity index (χ4n) is 2.15. The number of amides is 1. The topological polar surface area (TPSA) is 95.3 Å². The number of thiazole rings is 1. The molecule has 0 aliphatic rings. The molecule has 7 nitrogen and oxygen atoms in total. The highest BCUT2D eigenvalue weighted by atomic mass is 35.5. The molecule has 0 fully saturated rings. The minimum absolute atomic E-state index is 0.0948. The zero-order valence-corrected chi connectivity index (χ0v) is 14.2. The minimum atomic E-state index is -4.85. The molecule has 0 aromatic carbocycles. The Morgan fingerprint density at radius 1 is 1.32 bits per heavy atom. The molecule has 0 atom stereocenters. The summed E-state index contributed by atoms with van der Waals surface area (Å²) < 4.78 is 41.0. The Bertz CT molecular complexity index is 1060. The third-order valence-corrected chi connectivity index (χ3v) is 4.65. The molecule has 0 saturated carbocycles. The van der Waals surface area contributed by atoms with Gasteiger partial charge in [0.15, 0.2) is 10.1 Å². The first-order chi connectivity index (χ1) is 11.6. The summed E-state index contributed by atoms with van der Waals surface area (Å²) in [4.78, 5) is 26.0. The number of aromatic nitrogens is 4. The van der Waals surface area contributed by atoms with Crippen LogP contribution in [0.5, 0.6) is 0 Å². The first kappa shape index (κ1) is 17.7. The van der Waals surface area contributed by atoms with Gasteiger partial charge in [0.2, 0.25) is 0 Å². The van der Waals surface area contributed by atoms with E-state index < -0.39 is 28.2 Å². The smallest absolute Gasteiger partial charge is 0.364 e. The van der Waals surface area contributed by atoms with E-state index in [0.29, 0.717) is 4.40 Å². The molecule has 1 amide bonds. The maximum absolute atomic E-state index is 13.1. The number of alkyl halides is 3. The van der Waals surface area contributed by atoms with Crippen molar-refractivity contribution in [3.8, 4) is 0 Å². The van der Waals surface area contributed by atoms with Crippen LogP contribution >= 0.6 is 34.5 Å². The molecule has 3 heterocycles. The molecule has 0 aliphatic heterocycles. The Labute approximate surface area is 150 Å². The van der Waals surface area contributed by atoms with Gasteiger partial charge in [-0.15, -0.1) is 0 Å². The van der Waals surface area contributed by atoms with Crippen molar-refractivity contribution in [3.63, 3.8) is 0 Å². The molecule has 0 spiro atoms. The summed E-state index contributed by atoms with van der Waals surface area (Å²) in [5, 5.41) is 4.12. The quantitative estimate of drug-likeness (QED) is 0.715. The van der Waals surface area contributed by atoms with Crippen LogP contribution < -0.4 is 11.3 Å². The molecular weight excluding hydrogens is 406 g/mol. The number of hydrogen-bond acceptors (Lipinski definition) is 5. The van der Waals surface area contributed by atoms with Crippen LogP contribution in [0, 0.1) is 0 Å². The van der Waals surface area contributed by atoms with Crippen LogP contribution in [0.25, 0.3) is 4.96 Å². The van der Waals surface area contributed by atoms with Crippen molar-refractivity contribution >= 4 is 45.4 Å². The first-order valence-corrected chi connectivity index (χ1v) is 7.96. The Kier molecular flexibility index (Phi) is 4.25. The highest BCUT2D eigenvalue weighted by Crippen LogP contribution is 2.37. The van der Waals surface area contributed by atoms with Crippen LogP contribution in [0.15, 0.2) is 16.9 Å². The Hall–Kier alpha value is -2.11. The number of nitrogens with two attached hydrogens (primary N) is 1. The van der Waals surface area contributed by atoms with Crippen molar-refractivity contribution in [1.29, 1.82) is 0 Å². The lowest BCUT2D eigenvalue weighted by Gasteiger charge is -2.05. The Morgan fingerprint density at radius 3 is 2.52 bits per heavy atom. The average Bonchev–Trinajstić information content (AvgIpc) is 2.99. The van der Waals surface area contributed by atoms with Crippen LogP contribution in [-0.4, -0.2) is 25.1 Å². The van der Waals surface area contributed by atoms with Crippen LogP contribution in [0.4, 0.5) is 13.2 Å². The molecule has 0 unspecified atom stereocenters. The lowest BCUT2D eigenvalue weighted by molar-refractivity contribution is -0.134. The van der Waals surface area contributed by atoms with Gasteiger partial charge >= 0.3 is 6.18 Å². The summed E-state index contributed by atoms with van der Waals surface area (Å²) in [5.41, 5.74) is 3.28. The van der Waals surface area contributed by atoms with Crippen molar-refractivity contribution in [3.05, 3.63) is 49.1 Å². The SMILES string of the molecule is NC(=O)c1c(C(F)(F)F)sc2nc(Cn3nc(Cl)cc3Cl)cc(=O)n12. The summed E-state index contributed by atoms with van der Waals surface area (Å²) in [6, 6.07) is 2.32. The summed E-state index contributed by atoms with van der Waals surface area (Å²) in [6.45, 7) is -0.0948. The van der Waals surface area contributed by atoms with E-state index in [1.807, 2.05) is 0 Å². The molecular formula is C12H6Cl2F3N5O2S. The van der Waals surface area contributed by atoms with Gasteiger partial charge in [0.1, 0.15) is 15.7 Å². The lowest BCUT2D eigenvalue weighted by Crippen LogP contribution is -2.25. The van der Waals surface area contributed by atoms with E-state index in [1.165, 1.54) is 10.7 Å². The summed E-state index contributed by atoms with van der Waals surface area (Å²) in [6.07, 6.45) is -4.85. The second-order valence-electron chi connectivity index (χ2n) is 4.79. The van der Waals surface area contributed by atoms with E-state index in [1.54, 1.807) is 0 Å². The fourth-order valence-corrected chi connectivity index (χ4v) is 3.62. The Morgan fingerprint density at radius 2 is 2.00 bits per heavy atom. The number of rotatable bonds is 3. The summed E-state index contributed by atoms with van der Waals surface area (Å²) >= 11 is 11.7. The van der Waals surface area contributed by atoms with E-state index in [4.69, 9.17) is 28.9 Å². The predicted molar refractivity (Wildman–Crippen MR) is 84.2 cm³/mol. The lowest BCUT2D eigenvalue weighted by atomic mass is 10.3. The minimum Gasteiger partial charge on any atom is -0.364 e. The van der Waals surface area contributed by atoms with Gasteiger partial charge in [-0.05, 0) is 0 Å². The number of hydrogen-bond donors (Lipinski definition) is 1. The van der Waals surface area contributed by atoms with Crippen molar-refractivity contribution in [2.75, 3.05) is 0 Å². The molecule has 13 heteroatoms. The van der Waals surface area contributed by atoms with E-state index in [-0.39, 0.29) is 38.8 Å². The standard InChI is InChI=1S/C12H6Cl2F3N5O2S/c13-5-2-6(14)21(20-5)3-4-1-7(23)22-8(10(18)24)9(12(15,16)17)25-11(22)19-4/h1-2H,3H2,(H2,18,24). The van der Waals surface area contributed by atoms with Crippen LogP contribution in [0.3, 0.4) is 0 Å². The highest BCUT2D eigenvalue weighted by molar-refractivity contribution is 7.17. The second-order valence-corrected chi connectivity index (χ2v) is 6.54. The zero-order chi connectivity index (χ0) is 18.5. The molecule has 25 heavy (non-hydrogen) atoms. The number of carbonyl (C=O) groups is 1. The van der Waals surface area contributed by atoms with Gasteiger partial charge in [-0.1, -0.05) is 34.5 Å². The van der Waals surface area contributed by atoms with Gasteiger partial charge in [-0.2, -0.15) is 18.3 Å². The molecule has 3 rings (SSSR count). The normalized spacial score (nSPS) is 12.0. The third-order valence-electron chi connectivity index (χ3n) is 3.08. The van der Waals surface area contributed by atoms with Crippen molar-refractivity contribution in [1.82, 2.24) is 19.2 Å². The van der Waals surface area contributed by atoms with E-state index >= 15 is 0 Å². The maximum Gasteiger partial charge on any atom is 0.427 e. The number of primary amides is 1. The molecule has 3 aromatic rings. The van der Waals surface area contributed by atoms with Crippen molar-refractivity contribution in [2.45, 2.75) is 12.7 Å². The van der Waals surface area contributed by atoms with Crippen LogP contribution in [0.2, 0.25) is 10.3 Å². The monoisotopic (exact) mass is 411 g/mol. The first-order valence-electron chi connectivity index (χ1n) is 6.39. The van der Waals surface area contributed by atoms with Crippen LogP contribution in [0.1, 0.15) is 21.1 Å². The van der Waals surface area contributed by atoms with Gasteiger partial charge in [-0.3, -0.25) is 9.59 Å². The van der Waals surface area contributed by atoms with E-state index in [9.17, 15) is 22.8 Å². The molecule has 132 valence electrons. The number of fused-ring (bicyclic) bond motifs is 1. The van der Waals surface area contributed by atoms with Crippen molar-refractivity contribution in [2.24, 2.45) is 5.73 Å². The molecule has 0 radical (unpaired) electrons. The molecule has 3 aromatic heterocycles. The van der Waals surface area contributed by atoms with Gasteiger partial charge in [0.25, 0.3) is 11.5 Å². The average molecular weight is 412 g/mol. The number of carbonyl (C=O) groups excluding carboxylic acids is 1. The maximum atomic E-state index is 13.1. The van der Waals surface area contributed by atoms with Gasteiger partial charge in [-0.25, -0.2) is 14.1 Å². The largest absolute Gasteiger partial charge is 0.427 e. The van der Waals surface area contributed by atoms with Gasteiger partial charge in [0, 0.05) is 12.1 Å². The molecule has 0 saturated heterocycles. The van der Waals surface area contributed by atoms with E-state index in [0.717, 1.165) is 6.07 Å². The van der Waals surface area contributed by atoms with Crippen molar-refractivity contribution < 1.29 is 18.0 Å². The number of halogens is 5. The van der Waals surface area contributed by atoms with Gasteiger partial charge in [0.05, 0.1) is 12.2 Å². The van der Waals surface area contributed by atoms with E-state index in [2.05, 4.69) is 10.1 Å². The number of nitrogens with zero attached hydrogens (tertiary/aromatic N) is 4. The Balaban J connectivity index is 2.19. The molecule has 0 bridgehead atoms. The van der Waals surface area contributed by atoms with Crippen LogP contribution in [-0.2, 0) is 12.7 Å². The summed E-state index contributed by atoms with van der Waals surface area (Å²) in [5.74, 6) is -1.38. The zero-order valence-electron chi connectivity index (χ0n) is 11.8. The van der Waals surface area contributed by atoms with Gasteiger partial charge < -0.3 is 5.73 Å². The second kappa shape index (κ2) is 6.00. The summed E-state index contributed by atoms with van der Waals surface area (Å²) in [7, 11) is 0. The fraction of sp³-hybridized carbons (Fsp3) is 0.167. The molecule has 2 N–H and O–H groups in total. The molecule has 0 aliphatic carbocycles.